The van der Waals surface area contributed by atoms with Gasteiger partial charge in [-0.25, -0.2) is 4.39 Å². The van der Waals surface area contributed by atoms with E-state index in [0.29, 0.717) is 30.3 Å². The van der Waals surface area contributed by atoms with E-state index in [1.165, 1.54) is 12.1 Å². The Hall–Kier alpha value is -3.21. The molecule has 3 rings (SSSR count). The van der Waals surface area contributed by atoms with Crippen molar-refractivity contribution >= 4 is 0 Å². The molecule has 130 valence electrons. The van der Waals surface area contributed by atoms with Gasteiger partial charge in [-0.3, -0.25) is 0 Å². The lowest BCUT2D eigenvalue weighted by Crippen LogP contribution is -1.93. The molecule has 2 aromatic carbocycles. The van der Waals surface area contributed by atoms with Crippen molar-refractivity contribution in [3.63, 3.8) is 0 Å². The van der Waals surface area contributed by atoms with Crippen LogP contribution in [0.15, 0.2) is 53.6 Å². The van der Waals surface area contributed by atoms with Gasteiger partial charge in [-0.15, -0.1) is 0 Å². The second-order valence-corrected chi connectivity index (χ2v) is 5.49. The summed E-state index contributed by atoms with van der Waals surface area (Å²) >= 11 is 0. The Morgan fingerprint density at radius 2 is 1.38 bits per heavy atom. The minimum atomic E-state index is -0.281. The number of rotatable bonds is 2. The molecule has 0 atom stereocenters. The van der Waals surface area contributed by atoms with Crippen LogP contribution in [0.2, 0.25) is 0 Å². The molecule has 2 aromatic rings. The van der Waals surface area contributed by atoms with Crippen LogP contribution in [0, 0.1) is 29.5 Å². The molecule has 1 aliphatic rings. The van der Waals surface area contributed by atoms with Crippen molar-refractivity contribution in [2.75, 3.05) is 27.4 Å². The molecule has 0 N–H and O–H groups in total. The highest BCUT2D eigenvalue weighted by molar-refractivity contribution is 5.58. The molecule has 1 heterocycles. The number of hydrogen-bond acceptors (Lipinski definition) is 3. The van der Waals surface area contributed by atoms with Crippen molar-refractivity contribution in [2.24, 2.45) is 0 Å². The third-order valence-electron chi connectivity index (χ3n) is 3.83. The highest BCUT2D eigenvalue weighted by Gasteiger charge is 2.12. The van der Waals surface area contributed by atoms with Crippen LogP contribution in [-0.4, -0.2) is 27.4 Å². The predicted octanol–water partition coefficient (Wildman–Crippen LogP) is 3.57. The smallest absolute Gasteiger partial charge is 0.138 e. The maximum Gasteiger partial charge on any atom is 0.138 e. The molecule has 0 bridgehead atoms. The summed E-state index contributed by atoms with van der Waals surface area (Å²) in [6.45, 7) is 0.833. The molecule has 3 nitrogen and oxygen atoms in total. The SMILES string of the molecule is COc1cccc(OC)c1C#CC1=C(C#Cc2ccc(F)cc2)COC1. The van der Waals surface area contributed by atoms with Crippen molar-refractivity contribution in [1.29, 1.82) is 0 Å². The first kappa shape index (κ1) is 17.6. The summed E-state index contributed by atoms with van der Waals surface area (Å²) in [6, 6.07) is 11.6. The van der Waals surface area contributed by atoms with Crippen LogP contribution in [0.5, 0.6) is 11.5 Å². The first-order valence-electron chi connectivity index (χ1n) is 8.01. The average Bonchev–Trinajstić information content (AvgIpc) is 3.13. The second kappa shape index (κ2) is 8.25. The van der Waals surface area contributed by atoms with Gasteiger partial charge in [-0.05, 0) is 36.4 Å². The minimum Gasteiger partial charge on any atom is -0.495 e. The van der Waals surface area contributed by atoms with Crippen LogP contribution in [0.25, 0.3) is 0 Å². The van der Waals surface area contributed by atoms with Gasteiger partial charge >= 0.3 is 0 Å². The molecule has 0 amide bonds. The number of methoxy groups -OCH3 is 2. The lowest BCUT2D eigenvalue weighted by molar-refractivity contribution is 0.208. The van der Waals surface area contributed by atoms with Gasteiger partial charge in [0.2, 0.25) is 0 Å². The summed E-state index contributed by atoms with van der Waals surface area (Å²) in [5, 5.41) is 0. The van der Waals surface area contributed by atoms with Crippen LogP contribution in [0.3, 0.4) is 0 Å². The molecular weight excluding hydrogens is 331 g/mol. The Bertz CT molecular complexity index is 929. The summed E-state index contributed by atoms with van der Waals surface area (Å²) in [4.78, 5) is 0. The molecule has 1 aliphatic heterocycles. The van der Waals surface area contributed by atoms with Crippen molar-refractivity contribution in [1.82, 2.24) is 0 Å². The largest absolute Gasteiger partial charge is 0.495 e. The first-order chi connectivity index (χ1) is 12.7. The van der Waals surface area contributed by atoms with Gasteiger partial charge < -0.3 is 14.2 Å². The van der Waals surface area contributed by atoms with Gasteiger partial charge in [0.05, 0.1) is 27.4 Å². The molecule has 4 heteroatoms. The van der Waals surface area contributed by atoms with Crippen molar-refractivity contribution in [3.8, 4) is 35.2 Å². The second-order valence-electron chi connectivity index (χ2n) is 5.49. The highest BCUT2D eigenvalue weighted by Crippen LogP contribution is 2.27. The van der Waals surface area contributed by atoms with E-state index in [1.807, 2.05) is 18.2 Å². The quantitative estimate of drug-likeness (QED) is 0.777. The standard InChI is InChI=1S/C22H17FO3/c1-24-21-4-3-5-22(25-2)20(21)13-10-18-15-26-14-17(18)9-6-16-7-11-19(23)12-8-16/h3-5,7-8,11-12H,14-15H2,1-2H3. The molecule has 0 aliphatic carbocycles. The molecule has 26 heavy (non-hydrogen) atoms. The number of benzene rings is 2. The van der Waals surface area contributed by atoms with Gasteiger partial charge in [0.1, 0.15) is 22.9 Å². The number of hydrogen-bond donors (Lipinski definition) is 0. The summed E-state index contributed by atoms with van der Waals surface area (Å²) in [5.41, 5.74) is 3.08. The van der Waals surface area contributed by atoms with E-state index in [2.05, 4.69) is 23.7 Å². The molecule has 0 saturated heterocycles. The zero-order chi connectivity index (χ0) is 18.4. The van der Waals surface area contributed by atoms with Gasteiger partial charge in [-0.1, -0.05) is 29.7 Å². The summed E-state index contributed by atoms with van der Waals surface area (Å²) in [6.07, 6.45) is 0. The topological polar surface area (TPSA) is 27.7 Å². The fourth-order valence-corrected chi connectivity index (χ4v) is 2.45. The van der Waals surface area contributed by atoms with Crippen LogP contribution in [0.1, 0.15) is 11.1 Å². The molecule has 0 radical (unpaired) electrons. The zero-order valence-electron chi connectivity index (χ0n) is 14.6. The number of ether oxygens (including phenoxy) is 3. The maximum absolute atomic E-state index is 13.0. The molecule has 0 unspecified atom stereocenters. The van der Waals surface area contributed by atoms with Crippen LogP contribution < -0.4 is 9.47 Å². The van der Waals surface area contributed by atoms with Gasteiger partial charge in [0.15, 0.2) is 0 Å². The van der Waals surface area contributed by atoms with E-state index in [-0.39, 0.29) is 5.82 Å². The van der Waals surface area contributed by atoms with E-state index in [1.54, 1.807) is 26.4 Å². The van der Waals surface area contributed by atoms with Crippen molar-refractivity contribution in [2.45, 2.75) is 0 Å². The molecule has 0 fully saturated rings. The van der Waals surface area contributed by atoms with E-state index in [9.17, 15) is 4.39 Å². The monoisotopic (exact) mass is 348 g/mol. The lowest BCUT2D eigenvalue weighted by Gasteiger charge is -2.07. The van der Waals surface area contributed by atoms with E-state index >= 15 is 0 Å². The van der Waals surface area contributed by atoms with Gasteiger partial charge in [-0.2, -0.15) is 0 Å². The Morgan fingerprint density at radius 1 is 0.808 bits per heavy atom. The van der Waals surface area contributed by atoms with Crippen molar-refractivity contribution < 1.29 is 18.6 Å². The first-order valence-corrected chi connectivity index (χ1v) is 8.01. The lowest BCUT2D eigenvalue weighted by atomic mass is 10.1. The van der Waals surface area contributed by atoms with Crippen molar-refractivity contribution in [3.05, 3.63) is 70.6 Å². The molecule has 0 aromatic heterocycles. The average molecular weight is 348 g/mol. The third-order valence-corrected chi connectivity index (χ3v) is 3.83. The Morgan fingerprint density at radius 3 is 1.96 bits per heavy atom. The Balaban J connectivity index is 1.92. The van der Waals surface area contributed by atoms with Gasteiger partial charge in [0.25, 0.3) is 0 Å². The summed E-state index contributed by atoms with van der Waals surface area (Å²) in [7, 11) is 3.19. The van der Waals surface area contributed by atoms with E-state index in [4.69, 9.17) is 14.2 Å². The van der Waals surface area contributed by atoms with E-state index in [0.717, 1.165) is 16.7 Å². The molecular formula is C22H17FO3. The zero-order valence-corrected chi connectivity index (χ0v) is 14.6. The Labute approximate surface area is 152 Å². The minimum absolute atomic E-state index is 0.281. The predicted molar refractivity (Wildman–Crippen MR) is 97.5 cm³/mol. The Kier molecular flexibility index (Phi) is 5.59. The maximum atomic E-state index is 13.0. The fraction of sp³-hybridized carbons (Fsp3) is 0.182. The van der Waals surface area contributed by atoms with Gasteiger partial charge in [0, 0.05) is 16.7 Å². The highest BCUT2D eigenvalue weighted by atomic mass is 19.1. The van der Waals surface area contributed by atoms with Crippen LogP contribution in [-0.2, 0) is 4.74 Å². The van der Waals surface area contributed by atoms with Crippen LogP contribution in [0.4, 0.5) is 4.39 Å². The summed E-state index contributed by atoms with van der Waals surface area (Å²) in [5.74, 6) is 13.3. The third kappa shape index (κ3) is 4.06. The normalized spacial score (nSPS) is 12.7. The molecule has 0 saturated carbocycles. The molecule has 0 spiro atoms. The number of halogens is 1. The van der Waals surface area contributed by atoms with E-state index < -0.39 is 0 Å². The van der Waals surface area contributed by atoms with Crippen LogP contribution >= 0.6 is 0 Å². The summed E-state index contributed by atoms with van der Waals surface area (Å²) < 4.78 is 29.1. The fourth-order valence-electron chi connectivity index (χ4n) is 2.45.